The van der Waals surface area contributed by atoms with Crippen molar-refractivity contribution < 1.29 is 14.3 Å². The summed E-state index contributed by atoms with van der Waals surface area (Å²) >= 11 is 0. The van der Waals surface area contributed by atoms with Gasteiger partial charge in [-0.1, -0.05) is 18.2 Å². The average Bonchev–Trinajstić information content (AvgIpc) is 2.30. The van der Waals surface area contributed by atoms with Crippen LogP contribution in [0.25, 0.3) is 0 Å². The van der Waals surface area contributed by atoms with E-state index >= 15 is 0 Å². The van der Waals surface area contributed by atoms with E-state index in [1.807, 2.05) is 6.08 Å². The van der Waals surface area contributed by atoms with E-state index in [0.29, 0.717) is 12.0 Å². The normalized spacial score (nSPS) is 28.0. The molecule has 11 heavy (non-hydrogen) atoms. The van der Waals surface area contributed by atoms with Crippen LogP contribution in [0.4, 0.5) is 0 Å². The second-order valence-electron chi connectivity index (χ2n) is 2.55. The minimum Gasteiger partial charge on any atom is -0.389 e. The monoisotopic (exact) mass is 150 g/mol. The lowest BCUT2D eigenvalue weighted by molar-refractivity contribution is -0.152. The first-order valence-corrected chi connectivity index (χ1v) is 3.42. The summed E-state index contributed by atoms with van der Waals surface area (Å²) in [6.45, 7) is 0. The van der Waals surface area contributed by atoms with E-state index in [1.54, 1.807) is 12.2 Å². The standard InChI is InChI=1S/C8H6O3/c9-7-5-3-1-2-4-6(5)8(10)11-7/h1-3,6H,4H2. The van der Waals surface area contributed by atoms with Gasteiger partial charge in [0.25, 0.3) is 0 Å². The number of carbonyl (C=O) groups excluding carboxylic acids is 2. The Labute approximate surface area is 63.3 Å². The van der Waals surface area contributed by atoms with Crippen LogP contribution in [0.5, 0.6) is 0 Å². The molecule has 2 aliphatic rings. The lowest BCUT2D eigenvalue weighted by Gasteiger charge is -2.04. The van der Waals surface area contributed by atoms with Crippen molar-refractivity contribution in [2.75, 3.05) is 0 Å². The van der Waals surface area contributed by atoms with E-state index < -0.39 is 11.9 Å². The first-order chi connectivity index (χ1) is 5.29. The smallest absolute Gasteiger partial charge is 0.342 e. The van der Waals surface area contributed by atoms with Crippen LogP contribution in [-0.2, 0) is 14.3 Å². The maximum atomic E-state index is 10.9. The van der Waals surface area contributed by atoms with Gasteiger partial charge >= 0.3 is 11.9 Å². The largest absolute Gasteiger partial charge is 0.389 e. The highest BCUT2D eigenvalue weighted by atomic mass is 16.6. The fourth-order valence-electron chi connectivity index (χ4n) is 1.28. The maximum absolute atomic E-state index is 10.9. The molecule has 0 aromatic rings. The van der Waals surface area contributed by atoms with Crippen LogP contribution in [0.2, 0.25) is 0 Å². The van der Waals surface area contributed by atoms with Gasteiger partial charge in [-0.25, -0.2) is 4.79 Å². The molecule has 1 unspecified atom stereocenters. The molecule has 0 aromatic heterocycles. The number of rotatable bonds is 0. The molecule has 0 spiro atoms. The number of allylic oxidation sites excluding steroid dienone is 3. The van der Waals surface area contributed by atoms with Crippen LogP contribution in [0.15, 0.2) is 23.8 Å². The minimum atomic E-state index is -0.482. The molecule has 1 heterocycles. The molecule has 0 radical (unpaired) electrons. The molecule has 1 saturated heterocycles. The Hall–Kier alpha value is -1.38. The molecule has 3 heteroatoms. The summed E-state index contributed by atoms with van der Waals surface area (Å²) in [6, 6.07) is 0. The van der Waals surface area contributed by atoms with E-state index in [2.05, 4.69) is 4.74 Å². The van der Waals surface area contributed by atoms with E-state index in [4.69, 9.17) is 0 Å². The Kier molecular flexibility index (Phi) is 1.18. The lowest BCUT2D eigenvalue weighted by Crippen LogP contribution is -2.09. The second kappa shape index (κ2) is 2.05. The summed E-state index contributed by atoms with van der Waals surface area (Å²) in [5, 5.41) is 0. The van der Waals surface area contributed by atoms with Crippen molar-refractivity contribution >= 4 is 11.9 Å². The van der Waals surface area contributed by atoms with Gasteiger partial charge in [-0.2, -0.15) is 0 Å². The SMILES string of the molecule is O=C1OC(=O)C2CC=CC=C12. The molecule has 0 N–H and O–H groups in total. The molecule has 0 bridgehead atoms. The van der Waals surface area contributed by atoms with Gasteiger partial charge in [-0.15, -0.1) is 0 Å². The van der Waals surface area contributed by atoms with Gasteiger partial charge in [0.2, 0.25) is 0 Å². The summed E-state index contributed by atoms with van der Waals surface area (Å²) in [5.41, 5.74) is 0.498. The zero-order valence-corrected chi connectivity index (χ0v) is 5.74. The topological polar surface area (TPSA) is 43.4 Å². The third kappa shape index (κ3) is 0.808. The first kappa shape index (κ1) is 6.34. The average molecular weight is 150 g/mol. The number of hydrogen-bond acceptors (Lipinski definition) is 3. The maximum Gasteiger partial charge on any atom is 0.342 e. The van der Waals surface area contributed by atoms with Gasteiger partial charge in [0.1, 0.15) is 0 Å². The molecule has 1 aliphatic carbocycles. The molecular weight excluding hydrogens is 144 g/mol. The quantitative estimate of drug-likeness (QED) is 0.374. The van der Waals surface area contributed by atoms with Crippen molar-refractivity contribution in [2.45, 2.75) is 6.42 Å². The van der Waals surface area contributed by atoms with Crippen LogP contribution in [-0.4, -0.2) is 11.9 Å². The van der Waals surface area contributed by atoms with Gasteiger partial charge in [-0.3, -0.25) is 4.79 Å². The molecule has 3 nitrogen and oxygen atoms in total. The second-order valence-corrected chi connectivity index (χ2v) is 2.55. The Morgan fingerprint density at radius 3 is 3.00 bits per heavy atom. The third-order valence-electron chi connectivity index (χ3n) is 1.87. The summed E-state index contributed by atoms with van der Waals surface area (Å²) in [4.78, 5) is 21.8. The van der Waals surface area contributed by atoms with Crippen LogP contribution in [0, 0.1) is 5.92 Å². The Morgan fingerprint density at radius 2 is 2.27 bits per heavy atom. The van der Waals surface area contributed by atoms with Crippen molar-refractivity contribution in [2.24, 2.45) is 5.92 Å². The van der Waals surface area contributed by atoms with Crippen LogP contribution >= 0.6 is 0 Å². The number of carbonyl (C=O) groups is 2. The van der Waals surface area contributed by atoms with Crippen LogP contribution in [0.1, 0.15) is 6.42 Å². The van der Waals surface area contributed by atoms with Gasteiger partial charge in [0.05, 0.1) is 11.5 Å². The molecule has 2 rings (SSSR count). The number of ether oxygens (including phenoxy) is 1. The van der Waals surface area contributed by atoms with Crippen LogP contribution in [0.3, 0.4) is 0 Å². The highest BCUT2D eigenvalue weighted by Gasteiger charge is 2.38. The zero-order chi connectivity index (χ0) is 7.84. The summed E-state index contributed by atoms with van der Waals surface area (Å²) < 4.78 is 4.42. The summed E-state index contributed by atoms with van der Waals surface area (Å²) in [5.74, 6) is -1.22. The van der Waals surface area contributed by atoms with Crippen molar-refractivity contribution in [3.63, 3.8) is 0 Å². The van der Waals surface area contributed by atoms with Crippen molar-refractivity contribution in [1.29, 1.82) is 0 Å². The third-order valence-corrected chi connectivity index (χ3v) is 1.87. The van der Waals surface area contributed by atoms with Gasteiger partial charge < -0.3 is 4.74 Å². The number of fused-ring (bicyclic) bond motifs is 1. The first-order valence-electron chi connectivity index (χ1n) is 3.42. The fraction of sp³-hybridized carbons (Fsp3) is 0.250. The number of hydrogen-bond donors (Lipinski definition) is 0. The number of cyclic esters (lactones) is 2. The predicted molar refractivity (Wildman–Crippen MR) is 36.4 cm³/mol. The molecule has 56 valence electrons. The molecular formula is C8H6O3. The molecule has 0 saturated carbocycles. The van der Waals surface area contributed by atoms with Crippen LogP contribution < -0.4 is 0 Å². The van der Waals surface area contributed by atoms with E-state index in [9.17, 15) is 9.59 Å². The molecule has 1 aliphatic heterocycles. The Balaban J connectivity index is 2.42. The van der Waals surface area contributed by atoms with E-state index in [-0.39, 0.29) is 5.92 Å². The molecule has 1 fully saturated rings. The summed E-state index contributed by atoms with van der Waals surface area (Å²) in [7, 11) is 0. The zero-order valence-electron chi connectivity index (χ0n) is 5.74. The molecule has 1 atom stereocenters. The van der Waals surface area contributed by atoms with Gasteiger partial charge in [0, 0.05) is 0 Å². The lowest BCUT2D eigenvalue weighted by atomic mass is 9.94. The minimum absolute atomic E-state index is 0.326. The Morgan fingerprint density at radius 1 is 1.45 bits per heavy atom. The fourth-order valence-corrected chi connectivity index (χ4v) is 1.28. The highest BCUT2D eigenvalue weighted by Crippen LogP contribution is 2.28. The van der Waals surface area contributed by atoms with Gasteiger partial charge in [0.15, 0.2) is 0 Å². The van der Waals surface area contributed by atoms with Crippen molar-refractivity contribution in [3.8, 4) is 0 Å². The Bertz CT molecular complexity index is 286. The van der Waals surface area contributed by atoms with E-state index in [0.717, 1.165) is 0 Å². The molecule has 0 amide bonds. The predicted octanol–water partition coefficient (Wildman–Crippen LogP) is 0.572. The number of esters is 2. The summed E-state index contributed by atoms with van der Waals surface area (Å²) in [6.07, 6.45) is 5.86. The van der Waals surface area contributed by atoms with Gasteiger partial charge in [-0.05, 0) is 6.42 Å². The highest BCUT2D eigenvalue weighted by molar-refractivity contribution is 6.07. The van der Waals surface area contributed by atoms with E-state index in [1.165, 1.54) is 0 Å². The molecule has 0 aromatic carbocycles. The van der Waals surface area contributed by atoms with Crippen molar-refractivity contribution in [3.05, 3.63) is 23.8 Å². The van der Waals surface area contributed by atoms with Crippen molar-refractivity contribution in [1.82, 2.24) is 0 Å².